The molecular formula is C15H21BClFO3. The van der Waals surface area contributed by atoms with Crippen LogP contribution in [0, 0.1) is 0 Å². The summed E-state index contributed by atoms with van der Waals surface area (Å²) < 4.78 is 30.6. The normalized spacial score (nSPS) is 20.7. The summed E-state index contributed by atoms with van der Waals surface area (Å²) in [6, 6.07) is 5.09. The zero-order chi connectivity index (χ0) is 16.1. The first-order valence-corrected chi connectivity index (χ1v) is 7.32. The molecule has 1 aliphatic heterocycles. The number of halogens is 2. The van der Waals surface area contributed by atoms with E-state index in [4.69, 9.17) is 25.6 Å². The predicted octanol–water partition coefficient (Wildman–Crippen LogP) is 3.72. The van der Waals surface area contributed by atoms with Crippen LogP contribution in [0.15, 0.2) is 18.2 Å². The zero-order valence-electron chi connectivity index (χ0n) is 13.3. The van der Waals surface area contributed by atoms with E-state index in [9.17, 15) is 4.39 Å². The fourth-order valence-corrected chi connectivity index (χ4v) is 2.21. The molecule has 0 N–H and O–H groups in total. The molecule has 1 heterocycles. The molecule has 0 spiro atoms. The average molecular weight is 315 g/mol. The molecule has 3 nitrogen and oxygen atoms in total. The Bertz CT molecular complexity index is 524. The van der Waals surface area contributed by atoms with Gasteiger partial charge in [-0.05, 0) is 45.3 Å². The van der Waals surface area contributed by atoms with Gasteiger partial charge in [-0.25, -0.2) is 0 Å². The van der Waals surface area contributed by atoms with Gasteiger partial charge in [-0.1, -0.05) is 17.7 Å². The molecule has 1 saturated heterocycles. The number of hydrogen-bond acceptors (Lipinski definition) is 3. The maximum absolute atomic E-state index is 13.5. The lowest BCUT2D eigenvalue weighted by molar-refractivity contribution is -0.0256. The van der Waals surface area contributed by atoms with Crippen LogP contribution in [0.4, 0.5) is 4.39 Å². The third-order valence-electron chi connectivity index (χ3n) is 3.83. The maximum Gasteiger partial charge on any atom is 0.494 e. The van der Waals surface area contributed by atoms with Gasteiger partial charge < -0.3 is 14.0 Å². The molecule has 0 atom stereocenters. The van der Waals surface area contributed by atoms with Crippen molar-refractivity contribution in [3.05, 3.63) is 23.2 Å². The third-order valence-corrected chi connectivity index (χ3v) is 4.13. The van der Waals surface area contributed by atoms with Gasteiger partial charge in [0, 0.05) is 13.8 Å². The smallest absolute Gasteiger partial charge is 0.457 e. The van der Waals surface area contributed by atoms with Crippen molar-refractivity contribution in [1.82, 2.24) is 0 Å². The molecule has 0 saturated carbocycles. The van der Waals surface area contributed by atoms with Gasteiger partial charge in [0.15, 0.2) is 0 Å². The Balaban J connectivity index is 2.22. The fraction of sp³-hybridized carbons (Fsp3) is 0.600. The van der Waals surface area contributed by atoms with E-state index in [1.54, 1.807) is 18.2 Å². The molecule has 1 fully saturated rings. The Morgan fingerprint density at radius 1 is 1.14 bits per heavy atom. The van der Waals surface area contributed by atoms with E-state index < -0.39 is 24.2 Å². The van der Waals surface area contributed by atoms with Crippen LogP contribution in [-0.2, 0) is 9.31 Å². The first-order chi connectivity index (χ1) is 9.41. The molecular weight excluding hydrogens is 293 g/mol. The van der Waals surface area contributed by atoms with E-state index in [2.05, 4.69) is 0 Å². The van der Waals surface area contributed by atoms with Crippen LogP contribution in [-0.4, -0.2) is 24.2 Å². The van der Waals surface area contributed by atoms with E-state index in [0.29, 0.717) is 10.8 Å². The molecule has 2 rings (SSSR count). The number of benzene rings is 1. The molecule has 21 heavy (non-hydrogen) atoms. The summed E-state index contributed by atoms with van der Waals surface area (Å²) in [7, 11) is -0.500. The van der Waals surface area contributed by atoms with Crippen LogP contribution in [0.2, 0.25) is 5.02 Å². The minimum absolute atomic E-state index is 0.296. The Morgan fingerprint density at radius 3 is 2.10 bits per heavy atom. The summed E-state index contributed by atoms with van der Waals surface area (Å²) >= 11 is 6.15. The largest absolute Gasteiger partial charge is 0.494 e. The lowest BCUT2D eigenvalue weighted by Crippen LogP contribution is -2.41. The Hall–Kier alpha value is -0.775. The predicted molar refractivity (Wildman–Crippen MR) is 83.0 cm³/mol. The van der Waals surface area contributed by atoms with Crippen LogP contribution < -0.4 is 10.2 Å². The van der Waals surface area contributed by atoms with Crippen LogP contribution in [0.25, 0.3) is 0 Å². The number of ether oxygens (including phenoxy) is 1. The SMILES string of the molecule is CC(C)(F)Oc1ccc(B2OC(C)(C)C(C)(C)O2)cc1Cl. The van der Waals surface area contributed by atoms with Crippen molar-refractivity contribution in [2.45, 2.75) is 58.6 Å². The van der Waals surface area contributed by atoms with Crippen molar-refractivity contribution in [2.24, 2.45) is 0 Å². The first-order valence-electron chi connectivity index (χ1n) is 6.94. The molecule has 116 valence electrons. The second kappa shape index (κ2) is 5.15. The number of hydrogen-bond donors (Lipinski definition) is 0. The summed E-state index contributed by atoms with van der Waals surface area (Å²) in [5, 5.41) is 0.327. The second-order valence-electron chi connectivity index (χ2n) is 6.74. The molecule has 1 aliphatic rings. The Morgan fingerprint density at radius 2 is 1.67 bits per heavy atom. The van der Waals surface area contributed by atoms with Gasteiger partial charge in [0.25, 0.3) is 0 Å². The minimum Gasteiger partial charge on any atom is -0.457 e. The van der Waals surface area contributed by atoms with E-state index in [-0.39, 0.29) is 0 Å². The van der Waals surface area contributed by atoms with Crippen molar-refractivity contribution in [3.8, 4) is 5.75 Å². The van der Waals surface area contributed by atoms with Crippen LogP contribution >= 0.6 is 11.6 Å². The van der Waals surface area contributed by atoms with Gasteiger partial charge in [0.1, 0.15) is 5.75 Å². The molecule has 1 aromatic carbocycles. The van der Waals surface area contributed by atoms with Gasteiger partial charge in [0.2, 0.25) is 5.85 Å². The van der Waals surface area contributed by atoms with Gasteiger partial charge >= 0.3 is 7.12 Å². The molecule has 0 radical (unpaired) electrons. The molecule has 0 aromatic heterocycles. The quantitative estimate of drug-likeness (QED) is 0.796. The highest BCUT2D eigenvalue weighted by Gasteiger charge is 2.51. The van der Waals surface area contributed by atoms with Crippen molar-refractivity contribution in [1.29, 1.82) is 0 Å². The van der Waals surface area contributed by atoms with E-state index in [1.807, 2.05) is 27.7 Å². The zero-order valence-corrected chi connectivity index (χ0v) is 14.0. The topological polar surface area (TPSA) is 27.7 Å². The third kappa shape index (κ3) is 3.53. The van der Waals surface area contributed by atoms with Crippen molar-refractivity contribution in [3.63, 3.8) is 0 Å². The standard InChI is InChI=1S/C15H21BClFO3/c1-13(2)14(3,4)21-16(20-13)10-7-8-12(11(17)9-10)19-15(5,6)18/h7-9H,1-6H3. The average Bonchev–Trinajstić information content (AvgIpc) is 2.49. The summed E-state index contributed by atoms with van der Waals surface area (Å²) in [5.74, 6) is -1.49. The highest BCUT2D eigenvalue weighted by molar-refractivity contribution is 6.62. The van der Waals surface area contributed by atoms with Crippen LogP contribution in [0.5, 0.6) is 5.75 Å². The van der Waals surface area contributed by atoms with Crippen LogP contribution in [0.3, 0.4) is 0 Å². The van der Waals surface area contributed by atoms with Crippen molar-refractivity contribution < 1.29 is 18.4 Å². The number of alkyl halides is 1. The Labute approximate surface area is 130 Å². The number of rotatable bonds is 3. The van der Waals surface area contributed by atoms with E-state index in [1.165, 1.54) is 13.8 Å². The second-order valence-corrected chi connectivity index (χ2v) is 7.15. The molecule has 6 heteroatoms. The Kier molecular flexibility index (Phi) is 4.07. The van der Waals surface area contributed by atoms with Gasteiger partial charge in [-0.2, -0.15) is 4.39 Å². The highest BCUT2D eigenvalue weighted by atomic mass is 35.5. The van der Waals surface area contributed by atoms with E-state index >= 15 is 0 Å². The monoisotopic (exact) mass is 314 g/mol. The maximum atomic E-state index is 13.5. The van der Waals surface area contributed by atoms with Crippen molar-refractivity contribution >= 4 is 24.2 Å². The fourth-order valence-electron chi connectivity index (χ4n) is 1.99. The molecule has 0 unspecified atom stereocenters. The highest BCUT2D eigenvalue weighted by Crippen LogP contribution is 2.37. The molecule has 0 aliphatic carbocycles. The lowest BCUT2D eigenvalue weighted by atomic mass is 9.79. The molecule has 1 aromatic rings. The summed E-state index contributed by atoms with van der Waals surface area (Å²) in [6.07, 6.45) is 0. The minimum atomic E-state index is -1.78. The van der Waals surface area contributed by atoms with Crippen molar-refractivity contribution in [2.75, 3.05) is 0 Å². The first kappa shape index (κ1) is 16.6. The summed E-state index contributed by atoms with van der Waals surface area (Å²) in [4.78, 5) is 0. The molecule has 0 bridgehead atoms. The lowest BCUT2D eigenvalue weighted by Gasteiger charge is -2.32. The van der Waals surface area contributed by atoms with Gasteiger partial charge in [0.05, 0.1) is 16.2 Å². The summed E-state index contributed by atoms with van der Waals surface area (Å²) in [6.45, 7) is 10.6. The van der Waals surface area contributed by atoms with E-state index in [0.717, 1.165) is 5.46 Å². The van der Waals surface area contributed by atoms with Gasteiger partial charge in [-0.15, -0.1) is 0 Å². The summed E-state index contributed by atoms with van der Waals surface area (Å²) in [5.41, 5.74) is -0.0526. The van der Waals surface area contributed by atoms with Crippen LogP contribution in [0.1, 0.15) is 41.5 Å². The van der Waals surface area contributed by atoms with Gasteiger partial charge in [-0.3, -0.25) is 0 Å². The molecule has 0 amide bonds.